The summed E-state index contributed by atoms with van der Waals surface area (Å²) in [6.07, 6.45) is -12.6. The lowest BCUT2D eigenvalue weighted by atomic mass is 9.81. The highest BCUT2D eigenvalue weighted by Crippen LogP contribution is 2.32. The molecule has 0 amide bonds. The predicted molar refractivity (Wildman–Crippen MR) is 178 cm³/mol. The Kier molecular flexibility index (Phi) is 14.3. The monoisotopic (exact) mass is 722 g/mol. The van der Waals surface area contributed by atoms with E-state index in [4.69, 9.17) is 23.7 Å². The van der Waals surface area contributed by atoms with Crippen LogP contribution < -0.4 is 9.47 Å². The summed E-state index contributed by atoms with van der Waals surface area (Å²) in [5.74, 6) is -0.672. The number of aliphatic hydroxyl groups excluding tert-OH is 8. The Labute approximate surface area is 295 Å². The van der Waals surface area contributed by atoms with E-state index >= 15 is 0 Å². The maximum absolute atomic E-state index is 13.3. The first-order valence-electron chi connectivity index (χ1n) is 16.9. The molecule has 2 aromatic carbocycles. The van der Waals surface area contributed by atoms with E-state index in [0.29, 0.717) is 36.1 Å². The summed E-state index contributed by atoms with van der Waals surface area (Å²) >= 11 is 0. The second-order valence-corrected chi connectivity index (χ2v) is 13.2. The van der Waals surface area contributed by atoms with Gasteiger partial charge in [-0.3, -0.25) is 0 Å². The van der Waals surface area contributed by atoms with Gasteiger partial charge in [0.15, 0.2) is 5.60 Å². The van der Waals surface area contributed by atoms with Crippen molar-refractivity contribution in [2.45, 2.75) is 113 Å². The zero-order valence-electron chi connectivity index (χ0n) is 28.6. The van der Waals surface area contributed by atoms with Gasteiger partial charge >= 0.3 is 5.97 Å². The topological polar surface area (TPSA) is 245 Å². The van der Waals surface area contributed by atoms with Gasteiger partial charge in [0.1, 0.15) is 66.9 Å². The third kappa shape index (κ3) is 9.82. The Morgan fingerprint density at radius 3 is 1.65 bits per heavy atom. The first-order valence-corrected chi connectivity index (χ1v) is 16.9. The van der Waals surface area contributed by atoms with E-state index in [2.05, 4.69) is 6.58 Å². The van der Waals surface area contributed by atoms with Gasteiger partial charge in [-0.1, -0.05) is 56.7 Å². The minimum atomic E-state index is -1.83. The highest BCUT2D eigenvalue weighted by atomic mass is 16.7. The van der Waals surface area contributed by atoms with Gasteiger partial charge in [0, 0.05) is 6.42 Å². The van der Waals surface area contributed by atoms with Gasteiger partial charge in [0.05, 0.1) is 13.2 Å². The molecule has 0 saturated carbocycles. The van der Waals surface area contributed by atoms with Crippen LogP contribution in [-0.2, 0) is 32.0 Å². The third-order valence-corrected chi connectivity index (χ3v) is 9.49. The van der Waals surface area contributed by atoms with Crippen molar-refractivity contribution in [1.29, 1.82) is 0 Å². The van der Waals surface area contributed by atoms with Crippen molar-refractivity contribution in [3.63, 3.8) is 0 Å². The van der Waals surface area contributed by atoms with E-state index in [1.807, 2.05) is 6.92 Å². The van der Waals surface area contributed by atoms with Crippen LogP contribution in [0.2, 0.25) is 0 Å². The largest absolute Gasteiger partial charge is 0.462 e. The van der Waals surface area contributed by atoms with Crippen molar-refractivity contribution in [2.24, 2.45) is 5.92 Å². The molecule has 12 atom stereocenters. The van der Waals surface area contributed by atoms with Gasteiger partial charge in [0.25, 0.3) is 0 Å². The van der Waals surface area contributed by atoms with Gasteiger partial charge in [-0.05, 0) is 54.2 Å². The number of benzene rings is 2. The van der Waals surface area contributed by atoms with E-state index < -0.39 is 92.1 Å². The van der Waals surface area contributed by atoms with Crippen LogP contribution in [0.5, 0.6) is 11.5 Å². The summed E-state index contributed by atoms with van der Waals surface area (Å²) in [5, 5.41) is 90.6. The lowest BCUT2D eigenvalue weighted by molar-refractivity contribution is -0.277. The molecular formula is C36H50O15. The molecule has 2 aliphatic rings. The van der Waals surface area contributed by atoms with Crippen molar-refractivity contribution in [1.82, 2.24) is 0 Å². The number of aryl methyl sites for hydroxylation is 1. The van der Waals surface area contributed by atoms with Crippen LogP contribution in [0.4, 0.5) is 0 Å². The van der Waals surface area contributed by atoms with Gasteiger partial charge in [0.2, 0.25) is 12.6 Å². The zero-order valence-corrected chi connectivity index (χ0v) is 28.6. The maximum Gasteiger partial charge on any atom is 0.339 e. The molecule has 2 aliphatic heterocycles. The number of carbonyl (C=O) groups excluding carboxylic acids is 1. The van der Waals surface area contributed by atoms with Crippen molar-refractivity contribution >= 4 is 5.97 Å². The minimum absolute atomic E-state index is 0.0228. The van der Waals surface area contributed by atoms with Crippen molar-refractivity contribution < 1.29 is 74.4 Å². The van der Waals surface area contributed by atoms with E-state index in [1.165, 1.54) is 12.1 Å². The lowest BCUT2D eigenvalue weighted by Gasteiger charge is -2.39. The number of hydrogen-bond acceptors (Lipinski definition) is 15. The highest BCUT2D eigenvalue weighted by Gasteiger charge is 2.46. The average molecular weight is 723 g/mol. The second-order valence-electron chi connectivity index (χ2n) is 13.2. The Morgan fingerprint density at radius 1 is 0.765 bits per heavy atom. The molecule has 2 heterocycles. The normalized spacial score (nSPS) is 31.3. The Hall–Kier alpha value is -3.19. The second kappa shape index (κ2) is 18.0. The summed E-state index contributed by atoms with van der Waals surface area (Å²) in [4.78, 5) is 13.3. The quantitative estimate of drug-likeness (QED) is 0.0779. The minimum Gasteiger partial charge on any atom is -0.462 e. The predicted octanol–water partition coefficient (Wildman–Crippen LogP) is -0.556. The molecule has 0 aliphatic carbocycles. The summed E-state index contributed by atoms with van der Waals surface area (Å²) < 4.78 is 27.5. The van der Waals surface area contributed by atoms with E-state index in [1.54, 1.807) is 43.3 Å². The molecule has 284 valence electrons. The van der Waals surface area contributed by atoms with E-state index in [-0.39, 0.29) is 18.8 Å². The highest BCUT2D eigenvalue weighted by molar-refractivity contribution is 5.80. The first-order chi connectivity index (χ1) is 24.2. The number of esters is 1. The summed E-state index contributed by atoms with van der Waals surface area (Å²) in [7, 11) is 0. The van der Waals surface area contributed by atoms with Crippen LogP contribution in [-0.4, -0.2) is 132 Å². The summed E-state index contributed by atoms with van der Waals surface area (Å²) in [5.41, 5.74) is 0.270. The molecule has 15 nitrogen and oxygen atoms in total. The van der Waals surface area contributed by atoms with E-state index in [0.717, 1.165) is 5.56 Å². The van der Waals surface area contributed by atoms with Crippen molar-refractivity contribution in [3.8, 4) is 11.5 Å². The molecule has 9 N–H and O–H groups in total. The Balaban J connectivity index is 1.28. The van der Waals surface area contributed by atoms with Crippen LogP contribution in [0, 0.1) is 5.92 Å². The molecule has 12 unspecified atom stereocenters. The first kappa shape index (κ1) is 40.6. The number of ether oxygens (including phenoxy) is 5. The molecular weight excluding hydrogens is 672 g/mol. The Morgan fingerprint density at radius 2 is 1.22 bits per heavy atom. The lowest BCUT2D eigenvalue weighted by Crippen LogP contribution is -2.60. The number of carbonyl (C=O) groups is 1. The maximum atomic E-state index is 13.3. The molecule has 4 rings (SSSR count). The van der Waals surface area contributed by atoms with E-state index in [9.17, 15) is 50.8 Å². The van der Waals surface area contributed by atoms with Gasteiger partial charge in [-0.25, -0.2) is 4.79 Å². The van der Waals surface area contributed by atoms with Crippen LogP contribution in [0.3, 0.4) is 0 Å². The van der Waals surface area contributed by atoms with Crippen LogP contribution in [0.1, 0.15) is 44.2 Å². The molecule has 51 heavy (non-hydrogen) atoms. The summed E-state index contributed by atoms with van der Waals surface area (Å²) in [6, 6.07) is 13.1. The molecule has 0 spiro atoms. The third-order valence-electron chi connectivity index (χ3n) is 9.49. The van der Waals surface area contributed by atoms with Crippen LogP contribution in [0.25, 0.3) is 0 Å². The molecule has 2 aromatic rings. The molecule has 0 bridgehead atoms. The number of hydrogen-bond donors (Lipinski definition) is 9. The fraction of sp³-hybridized carbons (Fsp3) is 0.583. The SMILES string of the molecule is C=C(CCc1ccc(OC2OC(CO)C(O)C(O)C2O)cc1)CC(O)(C(=O)OCc1ccc(OC2OC(CO)C(O)C(O)C2O)cc1)C(C)CC. The number of aliphatic hydroxyl groups is 9. The van der Waals surface area contributed by atoms with Crippen molar-refractivity contribution in [2.75, 3.05) is 13.2 Å². The average Bonchev–Trinajstić information content (AvgIpc) is 3.13. The molecule has 0 radical (unpaired) electrons. The molecule has 2 saturated heterocycles. The van der Waals surface area contributed by atoms with Gasteiger partial charge < -0.3 is 69.6 Å². The van der Waals surface area contributed by atoms with Crippen LogP contribution in [0.15, 0.2) is 60.7 Å². The fourth-order valence-electron chi connectivity index (χ4n) is 5.85. The summed E-state index contributed by atoms with van der Waals surface area (Å²) in [6.45, 7) is 6.40. The van der Waals surface area contributed by atoms with Crippen molar-refractivity contribution in [3.05, 3.63) is 71.8 Å². The molecule has 2 fully saturated rings. The molecule has 15 heteroatoms. The van der Waals surface area contributed by atoms with Gasteiger partial charge in [-0.2, -0.15) is 0 Å². The van der Waals surface area contributed by atoms with Gasteiger partial charge in [-0.15, -0.1) is 0 Å². The zero-order chi connectivity index (χ0) is 37.5. The Bertz CT molecular complexity index is 1400. The standard InChI is InChI=1S/C36H50O15/c1-4-20(3)36(46,35(45)47-18-22-9-13-24(14-10-22)49-34-32(44)30(42)28(40)26(17-38)51-34)15-19(2)5-6-21-7-11-23(12-8-21)48-33-31(43)29(41)27(39)25(16-37)50-33/h7-14,20,25-34,37-44,46H,2,4-6,15-18H2,1,3H3. The number of rotatable bonds is 16. The molecule has 0 aromatic heterocycles. The fourth-order valence-corrected chi connectivity index (χ4v) is 5.85. The van der Waals surface area contributed by atoms with Crippen LogP contribution >= 0.6 is 0 Å². The smallest absolute Gasteiger partial charge is 0.339 e.